The van der Waals surface area contributed by atoms with Crippen molar-refractivity contribution in [2.45, 2.75) is 97.3 Å². The van der Waals surface area contributed by atoms with E-state index >= 15 is 0 Å². The van der Waals surface area contributed by atoms with E-state index in [0.29, 0.717) is 0 Å². The summed E-state index contributed by atoms with van der Waals surface area (Å²) in [6, 6.07) is 9.20. The summed E-state index contributed by atoms with van der Waals surface area (Å²) in [5.74, 6) is 2.04. The van der Waals surface area contributed by atoms with Gasteiger partial charge in [0.15, 0.2) is 0 Å². The highest BCUT2D eigenvalue weighted by Crippen LogP contribution is 2.52. The molecule has 134 valence electrons. The van der Waals surface area contributed by atoms with Gasteiger partial charge < -0.3 is 0 Å². The third-order valence-corrected chi connectivity index (χ3v) is 7.27. The van der Waals surface area contributed by atoms with Gasteiger partial charge in [0, 0.05) is 0 Å². The van der Waals surface area contributed by atoms with E-state index in [1.54, 1.807) is 12.8 Å². The molecule has 0 amide bonds. The Labute approximate surface area is 150 Å². The van der Waals surface area contributed by atoms with E-state index in [9.17, 15) is 0 Å². The Kier molecular flexibility index (Phi) is 6.42. The van der Waals surface area contributed by atoms with E-state index in [0.717, 1.165) is 17.3 Å². The lowest BCUT2D eigenvalue weighted by Gasteiger charge is -2.47. The first-order chi connectivity index (χ1) is 11.7. The largest absolute Gasteiger partial charge is 0.0654 e. The number of aryl methyl sites for hydroxylation is 2. The van der Waals surface area contributed by atoms with Crippen molar-refractivity contribution in [1.82, 2.24) is 0 Å². The first kappa shape index (κ1) is 18.0. The smallest absolute Gasteiger partial charge is 0.0269 e. The van der Waals surface area contributed by atoms with Gasteiger partial charge in [0.05, 0.1) is 0 Å². The van der Waals surface area contributed by atoms with Crippen molar-refractivity contribution < 1.29 is 0 Å². The summed E-state index contributed by atoms with van der Waals surface area (Å²) in [7, 11) is 0. The molecule has 0 atom stereocenters. The Bertz CT molecular complexity index is 464. The zero-order valence-electron chi connectivity index (χ0n) is 16.2. The molecule has 0 heterocycles. The van der Waals surface area contributed by atoms with Gasteiger partial charge in [-0.1, -0.05) is 75.3 Å². The Morgan fingerprint density at radius 3 is 2.21 bits per heavy atom. The highest BCUT2D eigenvalue weighted by molar-refractivity contribution is 5.21. The van der Waals surface area contributed by atoms with Crippen LogP contribution in [0.1, 0.15) is 95.1 Å². The Balaban J connectivity index is 1.48. The molecular formula is C24H38. The topological polar surface area (TPSA) is 0 Å². The SMILES string of the molecule is CCCC1([C@H]2CC[C@H](CCc3ccc(C)cc3)CC2)CCCCC1. The molecular weight excluding hydrogens is 288 g/mol. The van der Waals surface area contributed by atoms with E-state index in [4.69, 9.17) is 0 Å². The van der Waals surface area contributed by atoms with Gasteiger partial charge in [-0.2, -0.15) is 0 Å². The first-order valence-corrected chi connectivity index (χ1v) is 10.8. The van der Waals surface area contributed by atoms with Gasteiger partial charge in [-0.25, -0.2) is 0 Å². The molecule has 0 bridgehead atoms. The first-order valence-electron chi connectivity index (χ1n) is 10.8. The molecule has 2 saturated carbocycles. The van der Waals surface area contributed by atoms with Crippen LogP contribution in [-0.4, -0.2) is 0 Å². The monoisotopic (exact) mass is 326 g/mol. The summed E-state index contributed by atoms with van der Waals surface area (Å²) in [5, 5.41) is 0. The molecule has 0 nitrogen and oxygen atoms in total. The van der Waals surface area contributed by atoms with Gasteiger partial charge >= 0.3 is 0 Å². The van der Waals surface area contributed by atoms with Crippen LogP contribution in [0, 0.1) is 24.2 Å². The fraction of sp³-hybridized carbons (Fsp3) is 0.750. The summed E-state index contributed by atoms with van der Waals surface area (Å²) >= 11 is 0. The van der Waals surface area contributed by atoms with Crippen LogP contribution in [-0.2, 0) is 6.42 Å². The minimum Gasteiger partial charge on any atom is -0.0654 e. The lowest BCUT2D eigenvalue weighted by Crippen LogP contribution is -2.35. The molecule has 0 N–H and O–H groups in total. The van der Waals surface area contributed by atoms with Crippen LogP contribution in [0.3, 0.4) is 0 Å². The number of hydrogen-bond acceptors (Lipinski definition) is 0. The number of rotatable bonds is 6. The summed E-state index contributed by atoms with van der Waals surface area (Å²) in [5.41, 5.74) is 3.67. The molecule has 2 aliphatic carbocycles. The Morgan fingerprint density at radius 2 is 1.58 bits per heavy atom. The van der Waals surface area contributed by atoms with Crippen LogP contribution in [0.4, 0.5) is 0 Å². The van der Waals surface area contributed by atoms with Crippen molar-refractivity contribution in [1.29, 1.82) is 0 Å². The summed E-state index contributed by atoms with van der Waals surface area (Å²) in [6.45, 7) is 4.59. The van der Waals surface area contributed by atoms with Crippen molar-refractivity contribution in [2.24, 2.45) is 17.3 Å². The van der Waals surface area contributed by atoms with Crippen LogP contribution >= 0.6 is 0 Å². The van der Waals surface area contributed by atoms with Gasteiger partial charge in [0.2, 0.25) is 0 Å². The van der Waals surface area contributed by atoms with Crippen LogP contribution in [0.25, 0.3) is 0 Å². The average molecular weight is 327 g/mol. The molecule has 0 heteroatoms. The predicted octanol–water partition coefficient (Wildman–Crippen LogP) is 7.48. The van der Waals surface area contributed by atoms with Crippen molar-refractivity contribution >= 4 is 0 Å². The highest BCUT2D eigenvalue weighted by Gasteiger charge is 2.40. The second-order valence-electron chi connectivity index (χ2n) is 8.91. The average Bonchev–Trinajstić information content (AvgIpc) is 2.63. The molecule has 24 heavy (non-hydrogen) atoms. The van der Waals surface area contributed by atoms with Crippen LogP contribution < -0.4 is 0 Å². The number of benzene rings is 1. The van der Waals surface area contributed by atoms with E-state index < -0.39 is 0 Å². The number of hydrogen-bond donors (Lipinski definition) is 0. The van der Waals surface area contributed by atoms with Crippen LogP contribution in [0.2, 0.25) is 0 Å². The second-order valence-corrected chi connectivity index (χ2v) is 8.91. The van der Waals surface area contributed by atoms with Gasteiger partial charge in [0.1, 0.15) is 0 Å². The van der Waals surface area contributed by atoms with Crippen molar-refractivity contribution in [3.63, 3.8) is 0 Å². The van der Waals surface area contributed by atoms with Gasteiger partial charge in [-0.05, 0) is 74.7 Å². The van der Waals surface area contributed by atoms with Gasteiger partial charge in [-0.15, -0.1) is 0 Å². The highest BCUT2D eigenvalue weighted by atomic mass is 14.4. The van der Waals surface area contributed by atoms with E-state index in [-0.39, 0.29) is 0 Å². The molecule has 1 aromatic rings. The second kappa shape index (κ2) is 8.54. The third kappa shape index (κ3) is 4.44. The maximum Gasteiger partial charge on any atom is -0.0269 e. The van der Waals surface area contributed by atoms with E-state index in [2.05, 4.69) is 38.1 Å². The predicted molar refractivity (Wildman–Crippen MR) is 105 cm³/mol. The van der Waals surface area contributed by atoms with Crippen molar-refractivity contribution in [3.05, 3.63) is 35.4 Å². The van der Waals surface area contributed by atoms with E-state index in [1.807, 2.05) is 0 Å². The fourth-order valence-corrected chi connectivity index (χ4v) is 5.81. The van der Waals surface area contributed by atoms with E-state index in [1.165, 1.54) is 81.8 Å². The molecule has 2 aliphatic rings. The van der Waals surface area contributed by atoms with Crippen LogP contribution in [0.5, 0.6) is 0 Å². The normalized spacial score (nSPS) is 27.1. The molecule has 0 aliphatic heterocycles. The molecule has 0 unspecified atom stereocenters. The molecule has 0 spiro atoms. The minimum atomic E-state index is 0.745. The lowest BCUT2D eigenvalue weighted by atomic mass is 9.59. The maximum absolute atomic E-state index is 2.41. The molecule has 0 radical (unpaired) electrons. The van der Waals surface area contributed by atoms with Crippen molar-refractivity contribution in [2.75, 3.05) is 0 Å². The quantitative estimate of drug-likeness (QED) is 0.508. The molecule has 1 aromatic carbocycles. The molecule has 2 fully saturated rings. The standard InChI is InChI=1S/C24H38/c1-3-17-24(18-5-4-6-19-24)23-15-13-22(14-16-23)12-11-21-9-7-20(2)8-10-21/h7-10,22-23H,3-6,11-19H2,1-2H3/t22-,23-. The Hall–Kier alpha value is -0.780. The van der Waals surface area contributed by atoms with Gasteiger partial charge in [0.25, 0.3) is 0 Å². The fourth-order valence-electron chi connectivity index (χ4n) is 5.81. The third-order valence-electron chi connectivity index (χ3n) is 7.27. The maximum atomic E-state index is 2.41. The van der Waals surface area contributed by atoms with Gasteiger partial charge in [-0.3, -0.25) is 0 Å². The Morgan fingerprint density at radius 1 is 0.917 bits per heavy atom. The minimum absolute atomic E-state index is 0.745. The van der Waals surface area contributed by atoms with Crippen LogP contribution in [0.15, 0.2) is 24.3 Å². The molecule has 0 aromatic heterocycles. The lowest BCUT2D eigenvalue weighted by molar-refractivity contribution is 0.0445. The zero-order valence-corrected chi connectivity index (χ0v) is 16.2. The molecule has 3 rings (SSSR count). The molecule has 0 saturated heterocycles. The summed E-state index contributed by atoms with van der Waals surface area (Å²) in [4.78, 5) is 0. The summed E-state index contributed by atoms with van der Waals surface area (Å²) < 4.78 is 0. The zero-order chi connectivity index (χ0) is 16.8. The van der Waals surface area contributed by atoms with Crippen molar-refractivity contribution in [3.8, 4) is 0 Å². The summed E-state index contributed by atoms with van der Waals surface area (Å²) in [6.07, 6.45) is 19.3.